The summed E-state index contributed by atoms with van der Waals surface area (Å²) in [5, 5.41) is 21.0. The lowest BCUT2D eigenvalue weighted by atomic mass is 9.75. The van der Waals surface area contributed by atoms with Crippen molar-refractivity contribution < 1.29 is 34.0 Å². The van der Waals surface area contributed by atoms with Crippen molar-refractivity contribution in [2.75, 3.05) is 31.5 Å². The Kier molecular flexibility index (Phi) is 4.35. The van der Waals surface area contributed by atoms with Crippen LogP contribution in [0.25, 0.3) is 0 Å². The molecule has 4 rings (SSSR count). The normalized spacial score (nSPS) is 19.6. The molecule has 1 amide bonds. The van der Waals surface area contributed by atoms with Crippen molar-refractivity contribution in [3.05, 3.63) is 47.5 Å². The van der Waals surface area contributed by atoms with Gasteiger partial charge in [0, 0.05) is 24.2 Å². The third kappa shape index (κ3) is 2.56. The smallest absolute Gasteiger partial charge is 0.302 e. The average Bonchev–Trinajstić information content (AvgIpc) is 3.22. The van der Waals surface area contributed by atoms with E-state index in [-0.39, 0.29) is 31.3 Å². The van der Waals surface area contributed by atoms with Crippen LogP contribution in [0.15, 0.2) is 36.4 Å². The number of amides is 1. The van der Waals surface area contributed by atoms with Gasteiger partial charge in [-0.2, -0.15) is 0 Å². The highest BCUT2D eigenvalue weighted by Crippen LogP contribution is 2.51. The van der Waals surface area contributed by atoms with Crippen LogP contribution in [0.2, 0.25) is 0 Å². The Morgan fingerprint density at radius 3 is 2.64 bits per heavy atom. The van der Waals surface area contributed by atoms with E-state index in [0.717, 1.165) is 0 Å². The SMILES string of the molecule is CC(=O)OCCN1C(=O)C(CO)(c2cc3c(cc2O)OCO3)c2ccccc21. The number of fused-ring (bicyclic) bond motifs is 2. The number of rotatable bonds is 5. The number of aliphatic hydroxyl groups is 1. The van der Waals surface area contributed by atoms with Crippen molar-refractivity contribution in [3.63, 3.8) is 0 Å². The van der Waals surface area contributed by atoms with Crippen molar-refractivity contribution in [2.45, 2.75) is 12.3 Å². The Balaban J connectivity index is 1.83. The molecule has 2 heterocycles. The molecule has 0 fully saturated rings. The number of carbonyl (C=O) groups excluding carboxylic acids is 2. The van der Waals surface area contributed by atoms with Gasteiger partial charge in [-0.05, 0) is 17.7 Å². The van der Waals surface area contributed by atoms with Crippen LogP contribution in [-0.4, -0.2) is 48.6 Å². The molecule has 0 radical (unpaired) electrons. The van der Waals surface area contributed by atoms with Gasteiger partial charge >= 0.3 is 5.97 Å². The van der Waals surface area contributed by atoms with Crippen LogP contribution in [0, 0.1) is 0 Å². The number of aromatic hydroxyl groups is 1. The standard InChI is InChI=1S/C20H19NO7/c1-12(23)26-7-6-21-15-5-3-2-4-13(15)20(10-22,19(21)25)14-8-17-18(9-16(14)24)28-11-27-17/h2-5,8-9,22,24H,6-7,10-11H2,1H3. The number of para-hydroxylation sites is 1. The number of ether oxygens (including phenoxy) is 3. The summed E-state index contributed by atoms with van der Waals surface area (Å²) in [7, 11) is 0. The fraction of sp³-hybridized carbons (Fsp3) is 0.300. The fourth-order valence-corrected chi connectivity index (χ4v) is 3.80. The van der Waals surface area contributed by atoms with Crippen LogP contribution in [0.1, 0.15) is 18.1 Å². The largest absolute Gasteiger partial charge is 0.507 e. The summed E-state index contributed by atoms with van der Waals surface area (Å²) in [4.78, 5) is 26.0. The molecule has 2 aromatic rings. The van der Waals surface area contributed by atoms with E-state index in [1.165, 1.54) is 24.0 Å². The maximum absolute atomic E-state index is 13.5. The van der Waals surface area contributed by atoms with Crippen LogP contribution >= 0.6 is 0 Å². The van der Waals surface area contributed by atoms with Gasteiger partial charge in [-0.15, -0.1) is 0 Å². The second kappa shape index (κ2) is 6.72. The summed E-state index contributed by atoms with van der Waals surface area (Å²) in [6, 6.07) is 9.93. The van der Waals surface area contributed by atoms with Gasteiger partial charge in [0.2, 0.25) is 12.7 Å². The minimum absolute atomic E-state index is 0.0173. The van der Waals surface area contributed by atoms with E-state index in [9.17, 15) is 19.8 Å². The second-order valence-corrected chi connectivity index (χ2v) is 6.60. The van der Waals surface area contributed by atoms with E-state index in [1.54, 1.807) is 24.3 Å². The summed E-state index contributed by atoms with van der Waals surface area (Å²) in [5.41, 5.74) is -0.130. The van der Waals surface area contributed by atoms with Crippen LogP contribution in [0.5, 0.6) is 17.2 Å². The predicted molar refractivity (Wildman–Crippen MR) is 97.5 cm³/mol. The van der Waals surface area contributed by atoms with E-state index in [2.05, 4.69) is 0 Å². The van der Waals surface area contributed by atoms with Crippen molar-refractivity contribution in [3.8, 4) is 17.2 Å². The van der Waals surface area contributed by atoms with E-state index in [0.29, 0.717) is 22.7 Å². The summed E-state index contributed by atoms with van der Waals surface area (Å²) in [6.07, 6.45) is 0. The lowest BCUT2D eigenvalue weighted by Crippen LogP contribution is -2.45. The topological polar surface area (TPSA) is 106 Å². The molecule has 2 aliphatic rings. The molecular weight excluding hydrogens is 366 g/mol. The van der Waals surface area contributed by atoms with Gasteiger partial charge in [0.25, 0.3) is 0 Å². The molecule has 8 heteroatoms. The Morgan fingerprint density at radius 2 is 1.93 bits per heavy atom. The van der Waals surface area contributed by atoms with Gasteiger partial charge in [0.15, 0.2) is 11.5 Å². The van der Waals surface area contributed by atoms with Crippen LogP contribution in [-0.2, 0) is 19.7 Å². The molecule has 146 valence electrons. The average molecular weight is 385 g/mol. The van der Waals surface area contributed by atoms with E-state index in [1.807, 2.05) is 0 Å². The monoisotopic (exact) mass is 385 g/mol. The third-order valence-corrected chi connectivity index (χ3v) is 5.07. The molecule has 0 saturated carbocycles. The lowest BCUT2D eigenvalue weighted by molar-refractivity contribution is -0.141. The Morgan fingerprint density at radius 1 is 1.21 bits per heavy atom. The van der Waals surface area contributed by atoms with Gasteiger partial charge in [0.05, 0.1) is 13.2 Å². The molecule has 2 aliphatic heterocycles. The molecular formula is C20H19NO7. The molecule has 8 nitrogen and oxygen atoms in total. The summed E-state index contributed by atoms with van der Waals surface area (Å²) in [6.45, 7) is 0.901. The van der Waals surface area contributed by atoms with E-state index in [4.69, 9.17) is 14.2 Å². The maximum atomic E-state index is 13.5. The second-order valence-electron chi connectivity index (χ2n) is 6.60. The fourth-order valence-electron chi connectivity index (χ4n) is 3.80. The van der Waals surface area contributed by atoms with Gasteiger partial charge in [-0.25, -0.2) is 0 Å². The minimum atomic E-state index is -1.50. The number of benzene rings is 2. The highest BCUT2D eigenvalue weighted by molar-refractivity contribution is 6.11. The first-order valence-corrected chi connectivity index (χ1v) is 8.78. The number of esters is 1. The van der Waals surface area contributed by atoms with Crippen LogP contribution in [0.4, 0.5) is 5.69 Å². The van der Waals surface area contributed by atoms with Gasteiger partial charge < -0.3 is 29.3 Å². The first-order chi connectivity index (χ1) is 13.5. The maximum Gasteiger partial charge on any atom is 0.302 e. The van der Waals surface area contributed by atoms with Gasteiger partial charge in [-0.1, -0.05) is 18.2 Å². The number of carbonyl (C=O) groups is 2. The van der Waals surface area contributed by atoms with Crippen molar-refractivity contribution >= 4 is 17.6 Å². The summed E-state index contributed by atoms with van der Waals surface area (Å²) < 4.78 is 15.6. The molecule has 1 atom stereocenters. The third-order valence-electron chi connectivity index (χ3n) is 5.07. The molecule has 2 aromatic carbocycles. The molecule has 2 N–H and O–H groups in total. The number of phenols is 1. The zero-order valence-electron chi connectivity index (χ0n) is 15.2. The van der Waals surface area contributed by atoms with E-state index < -0.39 is 23.9 Å². The molecule has 28 heavy (non-hydrogen) atoms. The number of hydrogen-bond donors (Lipinski definition) is 2. The first kappa shape index (κ1) is 18.1. The highest BCUT2D eigenvalue weighted by Gasteiger charge is 2.53. The number of aliphatic hydroxyl groups excluding tert-OH is 1. The minimum Gasteiger partial charge on any atom is -0.507 e. The van der Waals surface area contributed by atoms with Gasteiger partial charge in [-0.3, -0.25) is 9.59 Å². The Hall–Kier alpha value is -3.26. The van der Waals surface area contributed by atoms with Crippen LogP contribution in [0.3, 0.4) is 0 Å². The number of hydrogen-bond acceptors (Lipinski definition) is 7. The number of nitrogens with zero attached hydrogens (tertiary/aromatic N) is 1. The van der Waals surface area contributed by atoms with Crippen molar-refractivity contribution in [1.29, 1.82) is 0 Å². The Labute approximate surface area is 160 Å². The van der Waals surface area contributed by atoms with Crippen molar-refractivity contribution in [2.24, 2.45) is 0 Å². The quantitative estimate of drug-likeness (QED) is 0.748. The zero-order chi connectivity index (χ0) is 19.9. The van der Waals surface area contributed by atoms with Crippen molar-refractivity contribution in [1.82, 2.24) is 0 Å². The lowest BCUT2D eigenvalue weighted by Gasteiger charge is -2.28. The molecule has 0 aliphatic carbocycles. The molecule has 0 aromatic heterocycles. The molecule has 1 unspecified atom stereocenters. The summed E-state index contributed by atoms with van der Waals surface area (Å²) in [5.74, 6) is -0.272. The van der Waals surface area contributed by atoms with Gasteiger partial charge in [0.1, 0.15) is 17.8 Å². The highest BCUT2D eigenvalue weighted by atomic mass is 16.7. The zero-order valence-corrected chi connectivity index (χ0v) is 15.2. The molecule has 0 bridgehead atoms. The molecule has 0 spiro atoms. The predicted octanol–water partition coefficient (Wildman–Crippen LogP) is 1.31. The summed E-state index contributed by atoms with van der Waals surface area (Å²) >= 11 is 0. The van der Waals surface area contributed by atoms with E-state index >= 15 is 0 Å². The first-order valence-electron chi connectivity index (χ1n) is 8.78. The Bertz CT molecular complexity index is 958. The van der Waals surface area contributed by atoms with Crippen LogP contribution < -0.4 is 14.4 Å². The number of phenolic OH excluding ortho intramolecular Hbond substituents is 1. The number of anilines is 1. The molecule has 0 saturated heterocycles.